The zero-order chi connectivity index (χ0) is 14.4. The average molecular weight is 273 g/mol. The second kappa shape index (κ2) is 7.46. The Morgan fingerprint density at radius 3 is 2.50 bits per heavy atom. The molecule has 1 aliphatic rings. The normalized spacial score (nSPS) is 18.4. The fourth-order valence-electron chi connectivity index (χ4n) is 2.50. The predicted molar refractivity (Wildman–Crippen MR) is 88.4 cm³/mol. The van der Waals surface area contributed by atoms with Crippen molar-refractivity contribution < 1.29 is 0 Å². The first-order valence-electron chi connectivity index (χ1n) is 7.50. The number of hydrogen-bond donors (Lipinski definition) is 0. The predicted octanol–water partition coefficient (Wildman–Crippen LogP) is 2.40. The molecule has 0 unspecified atom stereocenters. The van der Waals surface area contributed by atoms with Crippen LogP contribution >= 0.6 is 0 Å². The number of nitrogens with zero attached hydrogens (tertiary/aromatic N) is 3. The third-order valence-electron chi connectivity index (χ3n) is 3.90. The second-order valence-corrected chi connectivity index (χ2v) is 5.85. The molecule has 3 nitrogen and oxygen atoms in total. The van der Waals surface area contributed by atoms with Gasteiger partial charge in [-0.1, -0.05) is 24.3 Å². The molecule has 1 saturated heterocycles. The van der Waals surface area contributed by atoms with Gasteiger partial charge in [0.2, 0.25) is 0 Å². The van der Waals surface area contributed by atoms with Crippen molar-refractivity contribution in [3.8, 4) is 0 Å². The molecule has 1 aliphatic heterocycles. The van der Waals surface area contributed by atoms with Crippen LogP contribution in [0.5, 0.6) is 0 Å². The topological polar surface area (TPSA) is 9.72 Å². The minimum absolute atomic E-state index is 1.06. The summed E-state index contributed by atoms with van der Waals surface area (Å²) in [7, 11) is 6.36. The van der Waals surface area contributed by atoms with Gasteiger partial charge in [-0.25, -0.2) is 0 Å². The molecule has 0 amide bonds. The van der Waals surface area contributed by atoms with Crippen molar-refractivity contribution in [2.45, 2.75) is 6.42 Å². The van der Waals surface area contributed by atoms with Crippen LogP contribution in [0.1, 0.15) is 12.0 Å². The van der Waals surface area contributed by atoms with Gasteiger partial charge in [-0.3, -0.25) is 4.90 Å². The van der Waals surface area contributed by atoms with Gasteiger partial charge in [0.1, 0.15) is 0 Å². The van der Waals surface area contributed by atoms with Crippen LogP contribution in [0.25, 0.3) is 6.08 Å². The summed E-state index contributed by atoms with van der Waals surface area (Å²) >= 11 is 0. The molecule has 0 spiro atoms. The Morgan fingerprint density at radius 1 is 1.05 bits per heavy atom. The van der Waals surface area contributed by atoms with E-state index in [0.717, 1.165) is 6.54 Å². The molecule has 3 heteroatoms. The van der Waals surface area contributed by atoms with E-state index in [2.05, 4.69) is 72.3 Å². The molecule has 1 heterocycles. The Hall–Kier alpha value is -1.32. The summed E-state index contributed by atoms with van der Waals surface area (Å²) in [6, 6.07) is 8.70. The van der Waals surface area contributed by atoms with Crippen molar-refractivity contribution >= 4 is 11.8 Å². The first-order valence-corrected chi connectivity index (χ1v) is 7.50. The van der Waals surface area contributed by atoms with Gasteiger partial charge in [0.15, 0.2) is 0 Å². The fourth-order valence-corrected chi connectivity index (χ4v) is 2.50. The summed E-state index contributed by atoms with van der Waals surface area (Å²) in [4.78, 5) is 7.08. The number of benzene rings is 1. The zero-order valence-electron chi connectivity index (χ0n) is 13.0. The first-order chi connectivity index (χ1) is 9.65. The van der Waals surface area contributed by atoms with Crippen LogP contribution < -0.4 is 4.90 Å². The van der Waals surface area contributed by atoms with Crippen LogP contribution in [0.15, 0.2) is 30.3 Å². The number of likely N-dealkylation sites (N-methyl/N-ethyl adjacent to an activating group) is 1. The Labute approximate surface area is 123 Å². The molecule has 0 aromatic heterocycles. The summed E-state index contributed by atoms with van der Waals surface area (Å²) in [5, 5.41) is 0. The molecule has 0 aliphatic carbocycles. The van der Waals surface area contributed by atoms with Crippen molar-refractivity contribution in [3.63, 3.8) is 0 Å². The van der Waals surface area contributed by atoms with E-state index in [1.54, 1.807) is 0 Å². The van der Waals surface area contributed by atoms with E-state index >= 15 is 0 Å². The van der Waals surface area contributed by atoms with Crippen molar-refractivity contribution in [3.05, 3.63) is 35.9 Å². The van der Waals surface area contributed by atoms with Crippen LogP contribution in [0, 0.1) is 0 Å². The maximum atomic E-state index is 2.54. The van der Waals surface area contributed by atoms with Crippen LogP contribution in [0.2, 0.25) is 0 Å². The Kier molecular flexibility index (Phi) is 5.62. The van der Waals surface area contributed by atoms with Crippen LogP contribution in [0.3, 0.4) is 0 Å². The van der Waals surface area contributed by atoms with Gasteiger partial charge >= 0.3 is 0 Å². The molecule has 0 atom stereocenters. The van der Waals surface area contributed by atoms with Gasteiger partial charge in [0.05, 0.1) is 0 Å². The maximum absolute atomic E-state index is 2.54. The smallest absolute Gasteiger partial charge is 0.0361 e. The standard InChI is InChI=1S/C17H27N3/c1-18(2)17-9-7-16(8-10-17)6-4-12-20-13-5-11-19(3)14-15-20/h4,6-10H,5,11-15H2,1-3H3/b6-4+. The highest BCUT2D eigenvalue weighted by Gasteiger charge is 2.09. The van der Waals surface area contributed by atoms with Crippen molar-refractivity contribution in [1.29, 1.82) is 0 Å². The van der Waals surface area contributed by atoms with E-state index in [1.807, 2.05) is 0 Å². The minimum atomic E-state index is 1.06. The van der Waals surface area contributed by atoms with Gasteiger partial charge in [0.25, 0.3) is 0 Å². The van der Waals surface area contributed by atoms with Gasteiger partial charge < -0.3 is 9.80 Å². The van der Waals surface area contributed by atoms with Gasteiger partial charge in [-0.2, -0.15) is 0 Å². The summed E-state index contributed by atoms with van der Waals surface area (Å²) in [5.41, 5.74) is 2.53. The van der Waals surface area contributed by atoms with E-state index < -0.39 is 0 Å². The highest BCUT2D eigenvalue weighted by atomic mass is 15.2. The number of rotatable bonds is 4. The Balaban J connectivity index is 1.83. The molecule has 0 N–H and O–H groups in total. The summed E-state index contributed by atoms with van der Waals surface area (Å²) in [6.07, 6.45) is 5.80. The molecule has 2 rings (SSSR count). The maximum Gasteiger partial charge on any atom is 0.0361 e. The zero-order valence-corrected chi connectivity index (χ0v) is 13.0. The van der Waals surface area contributed by atoms with Gasteiger partial charge in [-0.15, -0.1) is 0 Å². The lowest BCUT2D eigenvalue weighted by Gasteiger charge is -2.17. The molecular weight excluding hydrogens is 246 g/mol. The number of anilines is 1. The van der Waals surface area contributed by atoms with E-state index in [4.69, 9.17) is 0 Å². The molecule has 0 bridgehead atoms. The summed E-state index contributed by atoms with van der Waals surface area (Å²) in [5.74, 6) is 0. The molecule has 0 saturated carbocycles. The van der Waals surface area contributed by atoms with Crippen LogP contribution in [0.4, 0.5) is 5.69 Å². The van der Waals surface area contributed by atoms with E-state index in [1.165, 1.54) is 43.9 Å². The van der Waals surface area contributed by atoms with Crippen LogP contribution in [-0.4, -0.2) is 63.7 Å². The van der Waals surface area contributed by atoms with E-state index in [9.17, 15) is 0 Å². The summed E-state index contributed by atoms with van der Waals surface area (Å²) in [6.45, 7) is 5.87. The Bertz CT molecular complexity index is 422. The van der Waals surface area contributed by atoms with Crippen molar-refractivity contribution in [1.82, 2.24) is 9.80 Å². The molecule has 1 fully saturated rings. The van der Waals surface area contributed by atoms with Crippen molar-refractivity contribution in [2.24, 2.45) is 0 Å². The second-order valence-electron chi connectivity index (χ2n) is 5.85. The third kappa shape index (κ3) is 4.66. The van der Waals surface area contributed by atoms with Gasteiger partial charge in [-0.05, 0) is 44.3 Å². The van der Waals surface area contributed by atoms with E-state index in [0.29, 0.717) is 0 Å². The average Bonchev–Trinajstić information content (AvgIpc) is 2.64. The molecule has 1 aromatic carbocycles. The minimum Gasteiger partial charge on any atom is -0.378 e. The highest BCUT2D eigenvalue weighted by Crippen LogP contribution is 2.13. The van der Waals surface area contributed by atoms with E-state index in [-0.39, 0.29) is 0 Å². The van der Waals surface area contributed by atoms with Crippen LogP contribution in [-0.2, 0) is 0 Å². The largest absolute Gasteiger partial charge is 0.378 e. The lowest BCUT2D eigenvalue weighted by molar-refractivity contribution is 0.300. The first kappa shape index (κ1) is 15.1. The lowest BCUT2D eigenvalue weighted by Crippen LogP contribution is -2.28. The SMILES string of the molecule is CN1CCCN(C/C=C/c2ccc(N(C)C)cc2)CC1. The molecular formula is C17H27N3. The molecule has 20 heavy (non-hydrogen) atoms. The lowest BCUT2D eigenvalue weighted by atomic mass is 10.2. The molecule has 1 aromatic rings. The molecule has 0 radical (unpaired) electrons. The quantitative estimate of drug-likeness (QED) is 0.834. The molecule has 110 valence electrons. The van der Waals surface area contributed by atoms with Gasteiger partial charge in [0, 0.05) is 39.4 Å². The third-order valence-corrected chi connectivity index (χ3v) is 3.90. The monoisotopic (exact) mass is 273 g/mol. The highest BCUT2D eigenvalue weighted by molar-refractivity contribution is 5.55. The fraction of sp³-hybridized carbons (Fsp3) is 0.529. The Morgan fingerprint density at radius 2 is 1.80 bits per heavy atom. The van der Waals surface area contributed by atoms with Crippen molar-refractivity contribution in [2.75, 3.05) is 58.8 Å². The summed E-state index contributed by atoms with van der Waals surface area (Å²) < 4.78 is 0. The number of hydrogen-bond acceptors (Lipinski definition) is 3.